The smallest absolute Gasteiger partial charge is 0.226 e. The summed E-state index contributed by atoms with van der Waals surface area (Å²) >= 11 is 0. The van der Waals surface area contributed by atoms with Crippen LogP contribution in [0, 0.1) is 17.8 Å². The summed E-state index contributed by atoms with van der Waals surface area (Å²) in [6.45, 7) is 3.39. The summed E-state index contributed by atoms with van der Waals surface area (Å²) in [5.74, 6) is -2.46. The van der Waals surface area contributed by atoms with E-state index in [1.807, 2.05) is 44.2 Å². The zero-order valence-electron chi connectivity index (χ0n) is 22.0. The van der Waals surface area contributed by atoms with E-state index < -0.39 is 30.3 Å². The number of guanidine groups is 1. The van der Waals surface area contributed by atoms with Gasteiger partial charge in [0.1, 0.15) is 12.5 Å². The van der Waals surface area contributed by atoms with E-state index in [0.717, 1.165) is 5.56 Å². The van der Waals surface area contributed by atoms with Crippen molar-refractivity contribution in [2.45, 2.75) is 71.3 Å². The van der Waals surface area contributed by atoms with Crippen molar-refractivity contribution in [1.29, 1.82) is 0 Å². The van der Waals surface area contributed by atoms with Crippen LogP contribution in [0.25, 0.3) is 0 Å². The van der Waals surface area contributed by atoms with Crippen LogP contribution in [0.2, 0.25) is 0 Å². The molecule has 0 aromatic heterocycles. The topological polar surface area (TPSA) is 136 Å². The highest BCUT2D eigenvalue weighted by Crippen LogP contribution is 2.28. The Morgan fingerprint density at radius 3 is 2.43 bits per heavy atom. The first-order valence-electron chi connectivity index (χ1n) is 13.2. The number of carbonyl (C=O) groups is 4. The monoisotopic (exact) mass is 516 g/mol. The van der Waals surface area contributed by atoms with Crippen LogP contribution in [-0.4, -0.2) is 59.9 Å². The molecule has 0 spiro atoms. The molecule has 0 radical (unpaired) electrons. The van der Waals surface area contributed by atoms with Gasteiger partial charge in [0.05, 0.1) is 6.04 Å². The minimum absolute atomic E-state index is 0.0207. The molecule has 0 unspecified atom stereocenters. The van der Waals surface area contributed by atoms with Gasteiger partial charge in [-0.15, -0.1) is 0 Å². The number of hydrogen-bond acceptors (Lipinski definition) is 5. The van der Waals surface area contributed by atoms with Crippen molar-refractivity contribution in [3.63, 3.8) is 0 Å². The van der Waals surface area contributed by atoms with E-state index in [1.165, 1.54) is 0 Å². The van der Waals surface area contributed by atoms with Gasteiger partial charge in [0.15, 0.2) is 17.5 Å². The Balaban J connectivity index is 2.01. The Morgan fingerprint density at radius 2 is 1.81 bits per heavy atom. The van der Waals surface area contributed by atoms with Gasteiger partial charge >= 0.3 is 0 Å². The van der Waals surface area contributed by atoms with Gasteiger partial charge in [0.2, 0.25) is 5.91 Å². The number of halogens is 1. The second kappa shape index (κ2) is 15.2. The molecule has 0 aliphatic carbocycles. The number of nitrogens with two attached hydrogens (primary N) is 2. The van der Waals surface area contributed by atoms with E-state index in [4.69, 9.17) is 11.5 Å². The number of alkyl halides is 1. The molecule has 1 aliphatic rings. The fourth-order valence-electron chi connectivity index (χ4n) is 4.87. The molecule has 3 atom stereocenters. The van der Waals surface area contributed by atoms with E-state index in [0.29, 0.717) is 38.6 Å². The van der Waals surface area contributed by atoms with Crippen LogP contribution in [-0.2, 0) is 25.6 Å². The Bertz CT molecular complexity index is 947. The van der Waals surface area contributed by atoms with E-state index in [1.54, 1.807) is 4.90 Å². The normalized spacial score (nSPS) is 16.9. The molecule has 4 N–H and O–H groups in total. The third-order valence-corrected chi connectivity index (χ3v) is 7.05. The molecule has 2 rings (SSSR count). The molecule has 0 bridgehead atoms. The summed E-state index contributed by atoms with van der Waals surface area (Å²) in [7, 11) is 0. The lowest BCUT2D eigenvalue weighted by Crippen LogP contribution is -2.45. The van der Waals surface area contributed by atoms with Crippen molar-refractivity contribution >= 4 is 29.2 Å². The maximum absolute atomic E-state index is 13.5. The SMILES string of the molecule is CC(C)[C@H](CC(=O)CCc1ccccc1)C(=O)N1CCC[C@H]1C(=O)C[C@@H](CCCN=C(N)N)C(=O)CF. The van der Waals surface area contributed by atoms with Gasteiger partial charge in [-0.3, -0.25) is 24.2 Å². The first-order chi connectivity index (χ1) is 17.6. The van der Waals surface area contributed by atoms with Gasteiger partial charge in [-0.05, 0) is 43.6 Å². The molecular weight excluding hydrogens is 475 g/mol. The lowest BCUT2D eigenvalue weighted by atomic mass is 9.87. The van der Waals surface area contributed by atoms with Crippen LogP contribution < -0.4 is 11.5 Å². The van der Waals surface area contributed by atoms with Crippen molar-refractivity contribution in [3.8, 4) is 0 Å². The van der Waals surface area contributed by atoms with Gasteiger partial charge in [-0.2, -0.15) is 0 Å². The number of benzene rings is 1. The molecule has 1 aromatic carbocycles. The van der Waals surface area contributed by atoms with Gasteiger partial charge in [-0.25, -0.2) is 4.39 Å². The highest BCUT2D eigenvalue weighted by molar-refractivity contribution is 5.95. The van der Waals surface area contributed by atoms with Crippen molar-refractivity contribution in [2.75, 3.05) is 19.8 Å². The van der Waals surface area contributed by atoms with Crippen molar-refractivity contribution in [3.05, 3.63) is 35.9 Å². The molecule has 1 aliphatic heterocycles. The van der Waals surface area contributed by atoms with Crippen molar-refractivity contribution < 1.29 is 23.6 Å². The molecule has 1 fully saturated rings. The second-order valence-electron chi connectivity index (χ2n) is 10.2. The number of ketones is 3. The first kappa shape index (κ1) is 30.1. The number of aryl methyl sites for hydroxylation is 1. The van der Waals surface area contributed by atoms with Crippen LogP contribution in [0.4, 0.5) is 4.39 Å². The Hall–Kier alpha value is -3.10. The van der Waals surface area contributed by atoms with Crippen LogP contribution >= 0.6 is 0 Å². The van der Waals surface area contributed by atoms with Crippen LogP contribution in [0.5, 0.6) is 0 Å². The van der Waals surface area contributed by atoms with Crippen LogP contribution in [0.1, 0.15) is 64.4 Å². The van der Waals surface area contributed by atoms with E-state index >= 15 is 0 Å². The van der Waals surface area contributed by atoms with Crippen molar-refractivity contribution in [2.24, 2.45) is 34.2 Å². The number of nitrogens with zero attached hydrogens (tertiary/aromatic N) is 2. The molecule has 204 valence electrons. The van der Waals surface area contributed by atoms with E-state index in [2.05, 4.69) is 4.99 Å². The quantitative estimate of drug-likeness (QED) is 0.197. The minimum Gasteiger partial charge on any atom is -0.370 e. The average molecular weight is 517 g/mol. The summed E-state index contributed by atoms with van der Waals surface area (Å²) in [5.41, 5.74) is 11.7. The molecule has 1 aromatic rings. The Kier molecular flexibility index (Phi) is 12.4. The van der Waals surface area contributed by atoms with E-state index in [-0.39, 0.29) is 55.2 Å². The molecular formula is C28H41FN4O4. The van der Waals surface area contributed by atoms with Crippen LogP contribution in [0.15, 0.2) is 35.3 Å². The zero-order chi connectivity index (χ0) is 27.4. The van der Waals surface area contributed by atoms with Gasteiger partial charge in [0, 0.05) is 44.2 Å². The summed E-state index contributed by atoms with van der Waals surface area (Å²) in [6, 6.07) is 9.08. The van der Waals surface area contributed by atoms with Gasteiger partial charge in [0.25, 0.3) is 0 Å². The Labute approximate surface area is 219 Å². The number of hydrogen-bond donors (Lipinski definition) is 2. The molecule has 1 amide bonds. The number of amides is 1. The van der Waals surface area contributed by atoms with Gasteiger partial charge < -0.3 is 16.4 Å². The number of aliphatic imine (C=N–C) groups is 1. The maximum atomic E-state index is 13.5. The molecule has 37 heavy (non-hydrogen) atoms. The Morgan fingerprint density at radius 1 is 1.11 bits per heavy atom. The maximum Gasteiger partial charge on any atom is 0.226 e. The highest BCUT2D eigenvalue weighted by atomic mass is 19.1. The van der Waals surface area contributed by atoms with E-state index in [9.17, 15) is 23.6 Å². The average Bonchev–Trinajstić information content (AvgIpc) is 3.37. The highest BCUT2D eigenvalue weighted by Gasteiger charge is 2.39. The molecule has 0 saturated carbocycles. The fraction of sp³-hybridized carbons (Fsp3) is 0.607. The lowest BCUT2D eigenvalue weighted by Gasteiger charge is -2.30. The van der Waals surface area contributed by atoms with Crippen LogP contribution in [0.3, 0.4) is 0 Å². The summed E-state index contributed by atoms with van der Waals surface area (Å²) in [4.78, 5) is 57.1. The van der Waals surface area contributed by atoms with Gasteiger partial charge in [-0.1, -0.05) is 44.2 Å². The fourth-order valence-corrected chi connectivity index (χ4v) is 4.87. The second-order valence-corrected chi connectivity index (χ2v) is 10.2. The standard InChI is InChI=1S/C28H41FN4O4/c1-19(2)23(17-22(34)13-12-20-8-4-3-5-9-20)27(37)33-15-7-11-24(33)25(35)16-21(26(36)18-29)10-6-14-32-28(30)31/h3-5,8-9,19,21,23-24H,6-7,10-18H2,1-2H3,(H4,30,31,32)/t21-,23+,24+/m1/s1. The summed E-state index contributed by atoms with van der Waals surface area (Å²) in [5, 5.41) is 0. The number of Topliss-reactive ketones (excluding diaryl/α,β-unsaturated/α-hetero) is 3. The molecule has 1 heterocycles. The van der Waals surface area contributed by atoms with Crippen molar-refractivity contribution in [1.82, 2.24) is 4.90 Å². The minimum atomic E-state index is -1.14. The number of likely N-dealkylation sites (tertiary alicyclic amines) is 1. The predicted molar refractivity (Wildman–Crippen MR) is 141 cm³/mol. The largest absolute Gasteiger partial charge is 0.370 e. The number of carbonyl (C=O) groups excluding carboxylic acids is 4. The summed E-state index contributed by atoms with van der Waals surface area (Å²) in [6.07, 6.45) is 2.89. The predicted octanol–water partition coefficient (Wildman–Crippen LogP) is 3.01. The molecule has 8 nitrogen and oxygen atoms in total. The zero-order valence-corrected chi connectivity index (χ0v) is 22.0. The first-order valence-corrected chi connectivity index (χ1v) is 13.2. The summed E-state index contributed by atoms with van der Waals surface area (Å²) < 4.78 is 13.2. The molecule has 1 saturated heterocycles. The number of rotatable bonds is 16. The third-order valence-electron chi connectivity index (χ3n) is 7.05. The molecule has 9 heteroatoms. The lowest BCUT2D eigenvalue weighted by molar-refractivity contribution is -0.144. The third kappa shape index (κ3) is 9.70.